The lowest BCUT2D eigenvalue weighted by molar-refractivity contribution is -0.114. The normalized spacial score (nSPS) is 17.2. The summed E-state index contributed by atoms with van der Waals surface area (Å²) in [6.07, 6.45) is 1.44. The van der Waals surface area contributed by atoms with E-state index in [0.29, 0.717) is 16.2 Å². The summed E-state index contributed by atoms with van der Waals surface area (Å²) in [5, 5.41) is 2.93. The van der Waals surface area contributed by atoms with Crippen LogP contribution < -0.4 is 5.32 Å². The number of imide groups is 1. The van der Waals surface area contributed by atoms with E-state index in [1.54, 1.807) is 19.1 Å². The van der Waals surface area contributed by atoms with Gasteiger partial charge in [-0.05, 0) is 48.4 Å². The van der Waals surface area contributed by atoms with Gasteiger partial charge < -0.3 is 10.1 Å². The molecule has 0 spiro atoms. The molecule has 3 heterocycles. The molecule has 0 radical (unpaired) electrons. The van der Waals surface area contributed by atoms with Gasteiger partial charge >= 0.3 is 6.09 Å². The van der Waals surface area contributed by atoms with Gasteiger partial charge in [-0.2, -0.15) is 0 Å². The average molecular weight is 412 g/mol. The molecule has 2 amide bonds. The highest BCUT2D eigenvalue weighted by molar-refractivity contribution is 7.80. The molecule has 1 aromatic heterocycles. The summed E-state index contributed by atoms with van der Waals surface area (Å²) in [5.74, 6) is -0.339. The molecule has 1 N–H and O–H groups in total. The minimum Gasteiger partial charge on any atom is -0.449 e. The summed E-state index contributed by atoms with van der Waals surface area (Å²) in [4.78, 5) is 39.8. The molecule has 2 aromatic rings. The first-order valence-corrected chi connectivity index (χ1v) is 9.95. The predicted octanol–water partition coefficient (Wildman–Crippen LogP) is 3.76. The number of ether oxygens (including phenoxy) is 1. The van der Waals surface area contributed by atoms with Gasteiger partial charge in [-0.1, -0.05) is 18.3 Å². The van der Waals surface area contributed by atoms with E-state index in [1.165, 1.54) is 11.3 Å². The summed E-state index contributed by atoms with van der Waals surface area (Å²) < 4.78 is 4.94. The zero-order chi connectivity index (χ0) is 19.8. The van der Waals surface area contributed by atoms with E-state index in [1.807, 2.05) is 24.3 Å². The molecule has 2 aliphatic rings. The van der Waals surface area contributed by atoms with Gasteiger partial charge in [-0.3, -0.25) is 9.59 Å². The molecule has 2 aliphatic heterocycles. The van der Waals surface area contributed by atoms with Crippen molar-refractivity contribution in [1.82, 2.24) is 10.2 Å². The molecule has 1 fully saturated rings. The van der Waals surface area contributed by atoms with E-state index in [4.69, 9.17) is 17.0 Å². The van der Waals surface area contributed by atoms with Gasteiger partial charge in [-0.15, -0.1) is 11.3 Å². The number of ketones is 1. The second-order valence-corrected chi connectivity index (χ2v) is 7.98. The summed E-state index contributed by atoms with van der Waals surface area (Å²) in [7, 11) is 0. The maximum Gasteiger partial charge on any atom is 0.417 e. The molecule has 142 valence electrons. The first-order valence-electron chi connectivity index (χ1n) is 8.72. The zero-order valence-corrected chi connectivity index (χ0v) is 16.6. The minimum atomic E-state index is -0.623. The van der Waals surface area contributed by atoms with E-state index in [9.17, 15) is 14.4 Å². The van der Waals surface area contributed by atoms with Crippen molar-refractivity contribution in [2.45, 2.75) is 19.9 Å². The SMILES string of the molecule is CCOC(=O)N1Cc2cc(-c3ccc(/C=C4/NC(=S)CC4=O)s3)ccc2C1=O. The van der Waals surface area contributed by atoms with Crippen LogP contribution in [-0.2, 0) is 16.1 Å². The lowest BCUT2D eigenvalue weighted by atomic mass is 10.1. The molecule has 0 saturated carbocycles. The molecular weight excluding hydrogens is 396 g/mol. The number of fused-ring (bicyclic) bond motifs is 1. The quantitative estimate of drug-likeness (QED) is 0.611. The Bertz CT molecular complexity index is 1050. The second kappa shape index (κ2) is 7.29. The number of allylic oxidation sites excluding steroid dienone is 1. The molecule has 1 aromatic carbocycles. The highest BCUT2D eigenvalue weighted by atomic mass is 32.1. The Hall–Kier alpha value is -2.84. The molecule has 8 heteroatoms. The molecule has 4 rings (SSSR count). The van der Waals surface area contributed by atoms with Crippen molar-refractivity contribution in [2.24, 2.45) is 0 Å². The highest BCUT2D eigenvalue weighted by Gasteiger charge is 2.33. The fourth-order valence-electron chi connectivity index (χ4n) is 3.17. The fraction of sp³-hybridized carbons (Fsp3) is 0.200. The number of amides is 2. The van der Waals surface area contributed by atoms with Crippen LogP contribution in [0.2, 0.25) is 0 Å². The van der Waals surface area contributed by atoms with Crippen LogP contribution in [-0.4, -0.2) is 34.3 Å². The summed E-state index contributed by atoms with van der Waals surface area (Å²) in [6.45, 7) is 2.13. The van der Waals surface area contributed by atoms with Crippen LogP contribution in [0, 0.1) is 0 Å². The van der Waals surface area contributed by atoms with Crippen LogP contribution in [0.3, 0.4) is 0 Å². The second-order valence-electron chi connectivity index (χ2n) is 6.37. The number of carbonyl (C=O) groups excluding carboxylic acids is 3. The first-order chi connectivity index (χ1) is 13.5. The molecule has 0 unspecified atom stereocenters. The van der Waals surface area contributed by atoms with Crippen LogP contribution in [0.4, 0.5) is 4.79 Å². The van der Waals surface area contributed by atoms with Gasteiger partial charge in [0.05, 0.1) is 30.3 Å². The Balaban J connectivity index is 1.57. The van der Waals surface area contributed by atoms with Gasteiger partial charge in [-0.25, -0.2) is 9.69 Å². The van der Waals surface area contributed by atoms with E-state index in [-0.39, 0.29) is 31.3 Å². The maximum atomic E-state index is 12.4. The van der Waals surface area contributed by atoms with Crippen molar-refractivity contribution in [3.8, 4) is 10.4 Å². The number of rotatable bonds is 3. The third-order valence-corrected chi connectivity index (χ3v) is 5.82. The number of hydrogen-bond acceptors (Lipinski definition) is 6. The van der Waals surface area contributed by atoms with Crippen molar-refractivity contribution in [3.63, 3.8) is 0 Å². The number of carbonyl (C=O) groups is 3. The Morgan fingerprint density at radius 2 is 2.14 bits per heavy atom. The fourth-order valence-corrected chi connectivity index (χ4v) is 4.36. The summed E-state index contributed by atoms with van der Waals surface area (Å²) in [6, 6.07) is 9.43. The van der Waals surface area contributed by atoms with Crippen LogP contribution in [0.25, 0.3) is 16.5 Å². The zero-order valence-electron chi connectivity index (χ0n) is 15.0. The van der Waals surface area contributed by atoms with Crippen LogP contribution in [0.15, 0.2) is 36.0 Å². The summed E-state index contributed by atoms with van der Waals surface area (Å²) >= 11 is 6.57. The minimum absolute atomic E-state index is 0.00458. The molecule has 6 nitrogen and oxygen atoms in total. The number of nitrogens with one attached hydrogen (secondary N) is 1. The number of thiocarbonyl (C=S) groups is 1. The Morgan fingerprint density at radius 1 is 1.32 bits per heavy atom. The topological polar surface area (TPSA) is 75.7 Å². The third-order valence-electron chi connectivity index (χ3n) is 4.49. The van der Waals surface area contributed by atoms with Crippen molar-refractivity contribution >= 4 is 52.4 Å². The standard InChI is InChI=1S/C20H16N2O4S2/c1-2-26-20(25)22-10-12-7-11(3-5-14(12)19(22)24)17-6-4-13(28-17)8-15-16(23)9-18(27)21-15/h3-8H,2,9-10H2,1H3,(H,21,27)/b15-8+. The molecule has 0 atom stereocenters. The van der Waals surface area contributed by atoms with Crippen LogP contribution in [0.5, 0.6) is 0 Å². The third kappa shape index (κ3) is 3.36. The van der Waals surface area contributed by atoms with Crippen molar-refractivity contribution in [2.75, 3.05) is 6.61 Å². The monoisotopic (exact) mass is 412 g/mol. The van der Waals surface area contributed by atoms with Crippen molar-refractivity contribution in [3.05, 3.63) is 52.0 Å². The number of hydrogen-bond donors (Lipinski definition) is 1. The number of Topliss-reactive ketones (excluding diaryl/α,β-unsaturated/α-hetero) is 1. The highest BCUT2D eigenvalue weighted by Crippen LogP contribution is 2.33. The number of thiophene rings is 1. The maximum absolute atomic E-state index is 12.4. The molecule has 1 saturated heterocycles. The lowest BCUT2D eigenvalue weighted by Gasteiger charge is -2.12. The van der Waals surface area contributed by atoms with E-state index in [0.717, 1.165) is 25.8 Å². The van der Waals surface area contributed by atoms with Crippen molar-refractivity contribution < 1.29 is 19.1 Å². The van der Waals surface area contributed by atoms with Gasteiger partial charge in [0.1, 0.15) is 0 Å². The molecule has 0 bridgehead atoms. The summed E-state index contributed by atoms with van der Waals surface area (Å²) in [5.41, 5.74) is 2.78. The smallest absolute Gasteiger partial charge is 0.417 e. The number of nitrogens with zero attached hydrogens (tertiary/aromatic N) is 1. The van der Waals surface area contributed by atoms with E-state index in [2.05, 4.69) is 5.32 Å². The van der Waals surface area contributed by atoms with E-state index >= 15 is 0 Å². The van der Waals surface area contributed by atoms with E-state index < -0.39 is 6.09 Å². The van der Waals surface area contributed by atoms with Gasteiger partial charge in [0.15, 0.2) is 5.78 Å². The lowest BCUT2D eigenvalue weighted by Crippen LogP contribution is -2.31. The number of benzene rings is 1. The molecular formula is C20H16N2O4S2. The van der Waals surface area contributed by atoms with Gasteiger partial charge in [0.25, 0.3) is 5.91 Å². The molecule has 0 aliphatic carbocycles. The van der Waals surface area contributed by atoms with Gasteiger partial charge in [0.2, 0.25) is 0 Å². The van der Waals surface area contributed by atoms with Crippen LogP contribution in [0.1, 0.15) is 34.1 Å². The molecule has 28 heavy (non-hydrogen) atoms. The Kier molecular flexibility index (Phi) is 4.82. The Labute approximate surface area is 170 Å². The Morgan fingerprint density at radius 3 is 2.86 bits per heavy atom. The van der Waals surface area contributed by atoms with Crippen LogP contribution >= 0.6 is 23.6 Å². The first kappa shape index (κ1) is 18.5. The van der Waals surface area contributed by atoms with Gasteiger partial charge in [0, 0.05) is 15.3 Å². The van der Waals surface area contributed by atoms with Crippen molar-refractivity contribution in [1.29, 1.82) is 0 Å². The average Bonchev–Trinajstić information content (AvgIpc) is 3.34. The largest absolute Gasteiger partial charge is 0.449 e. The predicted molar refractivity (Wildman–Crippen MR) is 110 cm³/mol.